The number of aryl methyl sites for hydroxylation is 4. The lowest BCUT2D eigenvalue weighted by atomic mass is 10.0. The standard InChI is InChI=1S/C36H28N2O2/c1-21-5-11-25(12-6-21)37-31-15-9-23(3)17-27(31)35(39)29-20-34-30(19-33(29)37)36(40)28-18-24(4)10-16-32(28)38(34)26-13-7-22(2)8-14-26/h5-20H,1-4H3. The maximum atomic E-state index is 14.1. The van der Waals surface area contributed by atoms with E-state index in [1.165, 1.54) is 0 Å². The van der Waals surface area contributed by atoms with Crippen molar-refractivity contribution >= 4 is 43.6 Å². The molecule has 0 saturated carbocycles. The van der Waals surface area contributed by atoms with E-state index in [9.17, 15) is 9.59 Å². The van der Waals surface area contributed by atoms with Crippen LogP contribution in [0.3, 0.4) is 0 Å². The normalized spacial score (nSPS) is 11.7. The van der Waals surface area contributed by atoms with E-state index in [0.717, 1.165) is 55.7 Å². The summed E-state index contributed by atoms with van der Waals surface area (Å²) in [7, 11) is 0. The van der Waals surface area contributed by atoms with Crippen molar-refractivity contribution in [3.8, 4) is 11.4 Å². The van der Waals surface area contributed by atoms with Gasteiger partial charge >= 0.3 is 0 Å². The Hall–Kier alpha value is -4.96. The molecular formula is C36H28N2O2. The number of hydrogen-bond donors (Lipinski definition) is 0. The second-order valence-corrected chi connectivity index (χ2v) is 10.9. The molecule has 0 fully saturated rings. The van der Waals surface area contributed by atoms with Crippen molar-refractivity contribution in [3.63, 3.8) is 0 Å². The summed E-state index contributed by atoms with van der Waals surface area (Å²) < 4.78 is 4.22. The Morgan fingerprint density at radius 3 is 1.07 bits per heavy atom. The van der Waals surface area contributed by atoms with E-state index in [0.29, 0.717) is 21.5 Å². The Labute approximate surface area is 231 Å². The lowest BCUT2D eigenvalue weighted by molar-refractivity contribution is 1.14. The Balaban J connectivity index is 1.74. The highest BCUT2D eigenvalue weighted by atomic mass is 16.1. The molecule has 0 amide bonds. The van der Waals surface area contributed by atoms with Gasteiger partial charge in [0.25, 0.3) is 0 Å². The quantitative estimate of drug-likeness (QED) is 0.218. The molecule has 0 atom stereocenters. The van der Waals surface area contributed by atoms with Crippen LogP contribution in [-0.2, 0) is 0 Å². The number of aromatic nitrogens is 2. The highest BCUT2D eigenvalue weighted by molar-refractivity contribution is 6.05. The molecule has 40 heavy (non-hydrogen) atoms. The number of hydrogen-bond acceptors (Lipinski definition) is 2. The molecule has 0 aliphatic heterocycles. The summed E-state index contributed by atoms with van der Waals surface area (Å²) in [6, 6.07) is 32.4. The number of rotatable bonds is 2. The van der Waals surface area contributed by atoms with Gasteiger partial charge in [0.1, 0.15) is 0 Å². The van der Waals surface area contributed by atoms with Gasteiger partial charge in [0.15, 0.2) is 10.9 Å². The van der Waals surface area contributed by atoms with E-state index in [4.69, 9.17) is 0 Å². The lowest BCUT2D eigenvalue weighted by Gasteiger charge is -2.19. The first kappa shape index (κ1) is 24.1. The van der Waals surface area contributed by atoms with Gasteiger partial charge in [-0.3, -0.25) is 9.59 Å². The second-order valence-electron chi connectivity index (χ2n) is 10.9. The first-order chi connectivity index (χ1) is 19.3. The van der Waals surface area contributed by atoms with Gasteiger partial charge in [-0.15, -0.1) is 0 Å². The highest BCUT2D eigenvalue weighted by Crippen LogP contribution is 2.31. The van der Waals surface area contributed by atoms with Gasteiger partial charge in [0, 0.05) is 32.9 Å². The summed E-state index contributed by atoms with van der Waals surface area (Å²) in [6.45, 7) is 8.12. The summed E-state index contributed by atoms with van der Waals surface area (Å²) in [4.78, 5) is 28.2. The molecule has 194 valence electrons. The summed E-state index contributed by atoms with van der Waals surface area (Å²) in [5.41, 5.74) is 9.26. The highest BCUT2D eigenvalue weighted by Gasteiger charge is 2.18. The van der Waals surface area contributed by atoms with Gasteiger partial charge in [-0.1, -0.05) is 58.7 Å². The third-order valence-corrected chi connectivity index (χ3v) is 7.94. The molecule has 0 N–H and O–H groups in total. The predicted molar refractivity (Wildman–Crippen MR) is 167 cm³/mol. The number of nitrogens with zero attached hydrogens (tertiary/aromatic N) is 2. The monoisotopic (exact) mass is 520 g/mol. The molecule has 0 spiro atoms. The predicted octanol–water partition coefficient (Wildman–Crippen LogP) is 7.83. The third kappa shape index (κ3) is 3.60. The molecule has 2 heterocycles. The van der Waals surface area contributed by atoms with Gasteiger partial charge in [0.05, 0.1) is 22.1 Å². The molecule has 5 aromatic carbocycles. The molecule has 0 radical (unpaired) electrons. The van der Waals surface area contributed by atoms with Crippen molar-refractivity contribution in [2.24, 2.45) is 0 Å². The average Bonchev–Trinajstić information content (AvgIpc) is 2.95. The Morgan fingerprint density at radius 2 is 0.700 bits per heavy atom. The van der Waals surface area contributed by atoms with Gasteiger partial charge in [-0.05, 0) is 88.4 Å². The van der Waals surface area contributed by atoms with Crippen molar-refractivity contribution < 1.29 is 0 Å². The topological polar surface area (TPSA) is 44.0 Å². The van der Waals surface area contributed by atoms with Crippen LogP contribution in [0, 0.1) is 27.7 Å². The maximum Gasteiger partial charge on any atom is 0.197 e. The van der Waals surface area contributed by atoms with E-state index < -0.39 is 0 Å². The summed E-state index contributed by atoms with van der Waals surface area (Å²) in [5, 5.41) is 2.48. The first-order valence-corrected chi connectivity index (χ1v) is 13.5. The zero-order valence-corrected chi connectivity index (χ0v) is 22.9. The molecular weight excluding hydrogens is 492 g/mol. The molecule has 7 rings (SSSR count). The molecule has 4 nitrogen and oxygen atoms in total. The van der Waals surface area contributed by atoms with Crippen molar-refractivity contribution in [2.75, 3.05) is 0 Å². The fourth-order valence-corrected chi connectivity index (χ4v) is 5.86. The van der Waals surface area contributed by atoms with E-state index in [1.54, 1.807) is 0 Å². The van der Waals surface area contributed by atoms with Gasteiger partial charge in [0.2, 0.25) is 0 Å². The maximum absolute atomic E-state index is 14.1. The van der Waals surface area contributed by atoms with Crippen molar-refractivity contribution in [1.82, 2.24) is 9.13 Å². The smallest absolute Gasteiger partial charge is 0.197 e. The van der Waals surface area contributed by atoms with Crippen molar-refractivity contribution in [3.05, 3.63) is 140 Å². The van der Waals surface area contributed by atoms with Crippen LogP contribution in [0.15, 0.2) is 107 Å². The number of pyridine rings is 2. The van der Waals surface area contributed by atoms with E-state index >= 15 is 0 Å². The minimum Gasteiger partial charge on any atom is -0.309 e. The Bertz CT molecular complexity index is 2110. The minimum atomic E-state index is -0.0362. The molecule has 0 unspecified atom stereocenters. The fourth-order valence-electron chi connectivity index (χ4n) is 5.86. The molecule has 7 aromatic rings. The largest absolute Gasteiger partial charge is 0.309 e. The lowest BCUT2D eigenvalue weighted by Crippen LogP contribution is -2.15. The van der Waals surface area contributed by atoms with Crippen molar-refractivity contribution in [1.29, 1.82) is 0 Å². The summed E-state index contributed by atoms with van der Waals surface area (Å²) in [6.07, 6.45) is 0. The van der Waals surface area contributed by atoms with Crippen LogP contribution in [0.25, 0.3) is 55.0 Å². The van der Waals surface area contributed by atoms with E-state index in [-0.39, 0.29) is 10.9 Å². The van der Waals surface area contributed by atoms with Gasteiger partial charge in [-0.25, -0.2) is 0 Å². The first-order valence-electron chi connectivity index (χ1n) is 13.5. The molecule has 4 heteroatoms. The zero-order chi connectivity index (χ0) is 27.7. The van der Waals surface area contributed by atoms with Crippen molar-refractivity contribution in [2.45, 2.75) is 27.7 Å². The van der Waals surface area contributed by atoms with Crippen LogP contribution < -0.4 is 10.9 Å². The van der Waals surface area contributed by atoms with Crippen LogP contribution in [-0.4, -0.2) is 9.13 Å². The van der Waals surface area contributed by atoms with Gasteiger partial charge < -0.3 is 9.13 Å². The minimum absolute atomic E-state index is 0.0362. The van der Waals surface area contributed by atoms with Gasteiger partial charge in [-0.2, -0.15) is 0 Å². The summed E-state index contributed by atoms with van der Waals surface area (Å²) in [5.74, 6) is 0. The molecule has 2 aromatic heterocycles. The fraction of sp³-hybridized carbons (Fsp3) is 0.111. The SMILES string of the molecule is Cc1ccc(-n2c3ccc(C)cc3c(=O)c3cc4c(cc32)c(=O)c2cc(C)ccc2n4-c2ccc(C)cc2)cc1. The summed E-state index contributed by atoms with van der Waals surface area (Å²) >= 11 is 0. The van der Waals surface area contributed by atoms with E-state index in [1.807, 2.05) is 62.4 Å². The Kier molecular flexibility index (Phi) is 5.29. The van der Waals surface area contributed by atoms with Crippen LogP contribution >= 0.6 is 0 Å². The Morgan fingerprint density at radius 1 is 0.375 bits per heavy atom. The number of benzene rings is 5. The second kappa shape index (κ2) is 8.78. The molecule has 0 aliphatic carbocycles. The van der Waals surface area contributed by atoms with Crippen LogP contribution in [0.5, 0.6) is 0 Å². The molecule has 0 bridgehead atoms. The number of fused-ring (bicyclic) bond motifs is 4. The van der Waals surface area contributed by atoms with Crippen LogP contribution in [0.4, 0.5) is 0 Å². The zero-order valence-electron chi connectivity index (χ0n) is 22.9. The van der Waals surface area contributed by atoms with E-state index in [2.05, 4.69) is 71.5 Å². The van der Waals surface area contributed by atoms with Crippen LogP contribution in [0.1, 0.15) is 22.3 Å². The average molecular weight is 521 g/mol. The van der Waals surface area contributed by atoms with Crippen LogP contribution in [0.2, 0.25) is 0 Å². The molecule has 0 aliphatic rings. The molecule has 0 saturated heterocycles. The third-order valence-electron chi connectivity index (χ3n) is 7.94.